The Morgan fingerprint density at radius 3 is 2.50 bits per heavy atom. The van der Waals surface area contributed by atoms with Crippen molar-refractivity contribution in [3.8, 4) is 11.3 Å². The molecule has 0 fully saturated rings. The van der Waals surface area contributed by atoms with Crippen molar-refractivity contribution >= 4 is 16.0 Å². The van der Waals surface area contributed by atoms with Crippen LogP contribution in [0.1, 0.15) is 0 Å². The van der Waals surface area contributed by atoms with Crippen LogP contribution in [-0.2, 0) is 9.53 Å². The summed E-state index contributed by atoms with van der Waals surface area (Å²) in [5.74, 6) is 0.186. The summed E-state index contributed by atoms with van der Waals surface area (Å²) in [6.45, 7) is 3.62. The lowest BCUT2D eigenvalue weighted by molar-refractivity contribution is -0.110. The highest BCUT2D eigenvalue weighted by molar-refractivity contribution is 8.29. The normalized spacial score (nSPS) is 12.6. The molecule has 1 unspecified atom stereocenters. The Morgan fingerprint density at radius 1 is 1.15 bits per heavy atom. The van der Waals surface area contributed by atoms with Gasteiger partial charge in [0.05, 0.1) is 17.8 Å². The lowest BCUT2D eigenvalue weighted by atomic mass is 10.1. The molecule has 4 heteroatoms. The molecule has 0 radical (unpaired) electrons. The third kappa shape index (κ3) is 3.08. The van der Waals surface area contributed by atoms with Gasteiger partial charge >= 0.3 is 0 Å². The number of nitrogens with zero attached hydrogens (tertiary/aromatic N) is 1. The fourth-order valence-electron chi connectivity index (χ4n) is 1.76. The van der Waals surface area contributed by atoms with Crippen LogP contribution in [0.5, 0.6) is 0 Å². The number of benzene rings is 1. The highest BCUT2D eigenvalue weighted by Crippen LogP contribution is 2.35. The maximum atomic E-state index is 12.1. The Hall–Kier alpha value is -2.07. The molecule has 2 aromatic rings. The van der Waals surface area contributed by atoms with Crippen LogP contribution < -0.4 is 0 Å². The number of hydrogen-bond donors (Lipinski definition) is 1. The van der Waals surface area contributed by atoms with Crippen molar-refractivity contribution in [1.82, 2.24) is 4.98 Å². The van der Waals surface area contributed by atoms with Crippen LogP contribution in [0.15, 0.2) is 65.9 Å². The smallest absolute Gasteiger partial charge is 0.238 e. The molecule has 1 aromatic carbocycles. The van der Waals surface area contributed by atoms with E-state index in [1.807, 2.05) is 54.8 Å². The number of carbonyl (C=O) groups excluding carboxylic acids is 1. The second kappa shape index (κ2) is 6.39. The zero-order valence-corrected chi connectivity index (χ0v) is 12.4. The molecule has 0 amide bonds. The number of hydrogen-bond acceptors (Lipinski definition) is 3. The molecule has 0 aliphatic carbocycles. The van der Waals surface area contributed by atoms with E-state index in [2.05, 4.69) is 11.6 Å². The number of carbonyl (C=O) groups is 1. The molecule has 20 heavy (non-hydrogen) atoms. The SMILES string of the molecule is C=C(OC)C(=O)[SH](C)c1cccc(-c2ccccc2)n1. The van der Waals surface area contributed by atoms with Crippen molar-refractivity contribution in [2.75, 3.05) is 13.4 Å². The second-order valence-electron chi connectivity index (χ2n) is 4.24. The van der Waals surface area contributed by atoms with E-state index >= 15 is 0 Å². The molecule has 0 bridgehead atoms. The highest BCUT2D eigenvalue weighted by atomic mass is 32.2. The molecular weight excluding hydrogens is 270 g/mol. The van der Waals surface area contributed by atoms with Crippen LogP contribution in [0.25, 0.3) is 11.3 Å². The first kappa shape index (κ1) is 14.3. The fraction of sp³-hybridized carbons (Fsp3) is 0.125. The van der Waals surface area contributed by atoms with Gasteiger partial charge in [0.25, 0.3) is 0 Å². The summed E-state index contributed by atoms with van der Waals surface area (Å²) < 4.78 is 4.91. The van der Waals surface area contributed by atoms with Gasteiger partial charge < -0.3 is 4.74 Å². The van der Waals surface area contributed by atoms with E-state index in [4.69, 9.17) is 4.74 Å². The van der Waals surface area contributed by atoms with E-state index in [0.717, 1.165) is 16.3 Å². The van der Waals surface area contributed by atoms with Gasteiger partial charge in [-0.05, 0) is 18.4 Å². The Balaban J connectivity index is 2.31. The highest BCUT2D eigenvalue weighted by Gasteiger charge is 2.16. The molecule has 1 heterocycles. The maximum absolute atomic E-state index is 12.1. The van der Waals surface area contributed by atoms with Gasteiger partial charge in [0.1, 0.15) is 0 Å². The summed E-state index contributed by atoms with van der Waals surface area (Å²) in [4.78, 5) is 16.7. The number of pyridine rings is 1. The van der Waals surface area contributed by atoms with E-state index in [0.29, 0.717) is 0 Å². The van der Waals surface area contributed by atoms with E-state index in [1.54, 1.807) is 0 Å². The molecule has 0 saturated heterocycles. The van der Waals surface area contributed by atoms with Crippen molar-refractivity contribution in [3.05, 3.63) is 60.9 Å². The maximum Gasteiger partial charge on any atom is 0.238 e. The van der Waals surface area contributed by atoms with E-state index in [1.165, 1.54) is 7.11 Å². The second-order valence-corrected chi connectivity index (χ2v) is 6.22. The summed E-state index contributed by atoms with van der Waals surface area (Å²) in [6, 6.07) is 15.6. The molecule has 1 atom stereocenters. The summed E-state index contributed by atoms with van der Waals surface area (Å²) in [5.41, 5.74) is 1.91. The van der Waals surface area contributed by atoms with Gasteiger partial charge in [-0.3, -0.25) is 4.79 Å². The largest absolute Gasteiger partial charge is 0.493 e. The van der Waals surface area contributed by atoms with Crippen LogP contribution in [0.3, 0.4) is 0 Å². The predicted molar refractivity (Wildman–Crippen MR) is 84.0 cm³/mol. The number of aromatic nitrogens is 1. The molecule has 0 aliphatic rings. The summed E-state index contributed by atoms with van der Waals surface area (Å²) >= 11 is 0. The molecule has 0 N–H and O–H groups in total. The third-order valence-corrected chi connectivity index (χ3v) is 4.73. The minimum Gasteiger partial charge on any atom is -0.493 e. The van der Waals surface area contributed by atoms with Gasteiger partial charge in [-0.2, -0.15) is 0 Å². The predicted octanol–water partition coefficient (Wildman–Crippen LogP) is 3.43. The average Bonchev–Trinajstić information content (AvgIpc) is 2.53. The van der Waals surface area contributed by atoms with Gasteiger partial charge in [0.2, 0.25) is 5.12 Å². The van der Waals surface area contributed by atoms with Gasteiger partial charge in [-0.15, -0.1) is 10.9 Å². The minimum atomic E-state index is -1.06. The Kier molecular flexibility index (Phi) is 4.58. The molecule has 1 aromatic heterocycles. The van der Waals surface area contributed by atoms with Gasteiger partial charge in [-0.25, -0.2) is 4.98 Å². The molecule has 104 valence electrons. The lowest BCUT2D eigenvalue weighted by Gasteiger charge is -2.15. The lowest BCUT2D eigenvalue weighted by Crippen LogP contribution is -2.05. The van der Waals surface area contributed by atoms with Crippen LogP contribution in [0, 0.1) is 0 Å². The van der Waals surface area contributed by atoms with E-state index in [9.17, 15) is 4.79 Å². The molecule has 0 spiro atoms. The number of ether oxygens (including phenoxy) is 1. The first-order chi connectivity index (χ1) is 9.63. The zero-order chi connectivity index (χ0) is 14.5. The number of thiol groups is 1. The van der Waals surface area contributed by atoms with Crippen LogP contribution >= 0.6 is 10.9 Å². The fourth-order valence-corrected chi connectivity index (χ4v) is 3.00. The summed E-state index contributed by atoms with van der Waals surface area (Å²) in [6.07, 6.45) is 1.87. The Labute approximate surface area is 121 Å². The van der Waals surface area contributed by atoms with Gasteiger partial charge in [0, 0.05) is 5.56 Å². The first-order valence-electron chi connectivity index (χ1n) is 6.17. The zero-order valence-electron chi connectivity index (χ0n) is 11.5. The molecule has 2 rings (SSSR count). The molecule has 0 saturated carbocycles. The van der Waals surface area contributed by atoms with Crippen molar-refractivity contribution in [2.45, 2.75) is 5.03 Å². The van der Waals surface area contributed by atoms with Crippen molar-refractivity contribution in [1.29, 1.82) is 0 Å². The Morgan fingerprint density at radius 2 is 1.85 bits per heavy atom. The third-order valence-electron chi connectivity index (χ3n) is 2.94. The Bertz CT molecular complexity index is 625. The monoisotopic (exact) mass is 287 g/mol. The first-order valence-corrected chi connectivity index (χ1v) is 7.96. The van der Waals surface area contributed by atoms with Crippen LogP contribution in [0.4, 0.5) is 0 Å². The number of methoxy groups -OCH3 is 1. The topological polar surface area (TPSA) is 39.2 Å². The molecular formula is C16H17NO2S. The summed E-state index contributed by atoms with van der Waals surface area (Å²) in [7, 11) is 0.392. The molecule has 0 aliphatic heterocycles. The van der Waals surface area contributed by atoms with E-state index in [-0.39, 0.29) is 10.9 Å². The van der Waals surface area contributed by atoms with Crippen molar-refractivity contribution in [3.63, 3.8) is 0 Å². The molecule has 3 nitrogen and oxygen atoms in total. The minimum absolute atomic E-state index is 0.0831. The standard InChI is InChI=1S/C16H17NO2S/c1-12(19-2)16(18)20(3)15-11-7-10-14(17-15)13-8-5-4-6-9-13/h4-11,20H,1H2,2-3H3. The van der Waals surface area contributed by atoms with Gasteiger partial charge in [-0.1, -0.05) is 43.0 Å². The average molecular weight is 287 g/mol. The number of rotatable bonds is 4. The van der Waals surface area contributed by atoms with Crippen molar-refractivity contribution in [2.24, 2.45) is 0 Å². The van der Waals surface area contributed by atoms with Crippen LogP contribution in [0.2, 0.25) is 0 Å². The van der Waals surface area contributed by atoms with E-state index < -0.39 is 10.9 Å². The van der Waals surface area contributed by atoms with Gasteiger partial charge in [0.15, 0.2) is 5.76 Å². The summed E-state index contributed by atoms with van der Waals surface area (Å²) in [5, 5.41) is 0.699. The van der Waals surface area contributed by atoms with Crippen LogP contribution in [-0.4, -0.2) is 23.5 Å². The quantitative estimate of drug-likeness (QED) is 0.532. The van der Waals surface area contributed by atoms with Crippen molar-refractivity contribution < 1.29 is 9.53 Å².